The van der Waals surface area contributed by atoms with E-state index in [1.165, 1.54) is 11.3 Å². The van der Waals surface area contributed by atoms with Crippen molar-refractivity contribution in [3.63, 3.8) is 0 Å². The third-order valence-corrected chi connectivity index (χ3v) is 5.00. The largest absolute Gasteiger partial charge is 0.235 e. The maximum Gasteiger partial charge on any atom is 0.235 e. The molecule has 0 aliphatic rings. The number of aromatic nitrogens is 4. The maximum absolute atomic E-state index is 6.21. The van der Waals surface area contributed by atoms with Crippen LogP contribution >= 0.6 is 46.3 Å². The highest BCUT2D eigenvalue weighted by atomic mass is 35.5. The van der Waals surface area contributed by atoms with Crippen LogP contribution in [0.4, 0.5) is 0 Å². The van der Waals surface area contributed by atoms with E-state index in [0.29, 0.717) is 10.0 Å². The van der Waals surface area contributed by atoms with Gasteiger partial charge in [0.1, 0.15) is 5.01 Å². The van der Waals surface area contributed by atoms with Gasteiger partial charge in [0.15, 0.2) is 5.82 Å². The molecule has 2 aromatic heterocycles. The van der Waals surface area contributed by atoms with E-state index in [1.54, 1.807) is 28.4 Å². The second kappa shape index (κ2) is 5.89. The van der Waals surface area contributed by atoms with Gasteiger partial charge in [-0.2, -0.15) is 21.4 Å². The molecule has 0 saturated carbocycles. The van der Waals surface area contributed by atoms with Crippen LogP contribution in [-0.2, 0) is 5.75 Å². The first kappa shape index (κ1) is 14.1. The number of nitrogens with zero attached hydrogens (tertiary/aromatic N) is 4. The lowest BCUT2D eigenvalue weighted by Crippen LogP contribution is -1.94. The van der Waals surface area contributed by atoms with Crippen molar-refractivity contribution < 1.29 is 0 Å². The van der Waals surface area contributed by atoms with E-state index in [2.05, 4.69) is 22.2 Å². The average molecular weight is 345 g/mol. The van der Waals surface area contributed by atoms with Gasteiger partial charge >= 0.3 is 0 Å². The van der Waals surface area contributed by atoms with E-state index >= 15 is 0 Å². The number of hydrogen-bond donors (Lipinski definition) is 0. The van der Waals surface area contributed by atoms with E-state index in [1.807, 2.05) is 6.07 Å². The van der Waals surface area contributed by atoms with E-state index in [4.69, 9.17) is 23.2 Å². The summed E-state index contributed by atoms with van der Waals surface area (Å²) in [5.41, 5.74) is 0.862. The molecule has 0 aliphatic carbocycles. The first-order valence-electron chi connectivity index (χ1n) is 5.93. The predicted molar refractivity (Wildman–Crippen MR) is 86.0 cm³/mol. The monoisotopic (exact) mass is 344 g/mol. The van der Waals surface area contributed by atoms with E-state index < -0.39 is 0 Å². The molecule has 0 N–H and O–H groups in total. The molecular formula is C12H10Cl2N4S2. The summed E-state index contributed by atoms with van der Waals surface area (Å²) in [5, 5.41) is 14.9. The highest BCUT2D eigenvalue weighted by Gasteiger charge is 2.14. The normalized spacial score (nSPS) is 11.3. The van der Waals surface area contributed by atoms with Crippen LogP contribution in [0.3, 0.4) is 0 Å². The molecule has 3 aromatic rings. The van der Waals surface area contributed by atoms with Crippen LogP contribution in [0.15, 0.2) is 18.2 Å². The van der Waals surface area contributed by atoms with Crippen molar-refractivity contribution in [1.82, 2.24) is 19.8 Å². The number of halogens is 2. The van der Waals surface area contributed by atoms with Crippen molar-refractivity contribution in [2.45, 2.75) is 12.7 Å². The van der Waals surface area contributed by atoms with Crippen molar-refractivity contribution >= 4 is 51.3 Å². The van der Waals surface area contributed by atoms with Crippen LogP contribution in [0.25, 0.3) is 15.5 Å². The Bertz CT molecular complexity index is 753. The summed E-state index contributed by atoms with van der Waals surface area (Å²) in [4.78, 5) is 0.776. The fourth-order valence-corrected chi connectivity index (χ4v) is 3.73. The number of hydrogen-bond acceptors (Lipinski definition) is 5. The summed E-state index contributed by atoms with van der Waals surface area (Å²) in [5.74, 6) is 2.70. The predicted octanol–water partition coefficient (Wildman–Crippen LogP) is 4.41. The Morgan fingerprint density at radius 2 is 2.15 bits per heavy atom. The quantitative estimate of drug-likeness (QED) is 0.702. The van der Waals surface area contributed by atoms with Gasteiger partial charge in [-0.3, -0.25) is 0 Å². The second-order valence-corrected chi connectivity index (χ2v) is 7.05. The first-order valence-corrected chi connectivity index (χ1v) is 8.66. The van der Waals surface area contributed by atoms with E-state index in [0.717, 1.165) is 32.9 Å². The van der Waals surface area contributed by atoms with Crippen molar-refractivity contribution in [3.8, 4) is 10.6 Å². The van der Waals surface area contributed by atoms with Crippen molar-refractivity contribution in [3.05, 3.63) is 34.1 Å². The molecule has 0 atom stereocenters. The van der Waals surface area contributed by atoms with E-state index in [-0.39, 0.29) is 0 Å². The Labute approximate surface area is 134 Å². The fourth-order valence-electron chi connectivity index (χ4n) is 1.71. The third-order valence-electron chi connectivity index (χ3n) is 2.65. The van der Waals surface area contributed by atoms with Crippen LogP contribution < -0.4 is 0 Å². The minimum Gasteiger partial charge on any atom is -0.186 e. The van der Waals surface area contributed by atoms with Gasteiger partial charge in [0.05, 0.1) is 10.8 Å². The van der Waals surface area contributed by atoms with Crippen LogP contribution in [0.2, 0.25) is 10.0 Å². The van der Waals surface area contributed by atoms with Crippen LogP contribution in [0.1, 0.15) is 12.7 Å². The molecule has 4 nitrogen and oxygen atoms in total. The molecule has 0 amide bonds. The molecule has 1 aromatic carbocycles. The SMILES string of the molecule is CCSCc1nnc2sc(-c3ccc(Cl)cc3Cl)nn12. The molecular weight excluding hydrogens is 335 g/mol. The Morgan fingerprint density at radius 1 is 1.30 bits per heavy atom. The molecule has 20 heavy (non-hydrogen) atoms. The molecule has 0 radical (unpaired) electrons. The lowest BCUT2D eigenvalue weighted by atomic mass is 10.2. The van der Waals surface area contributed by atoms with Crippen molar-refractivity contribution in [2.75, 3.05) is 5.75 Å². The number of rotatable bonds is 4. The Hall–Kier alpha value is -0.820. The maximum atomic E-state index is 6.21. The Kier molecular flexibility index (Phi) is 4.16. The molecule has 0 bridgehead atoms. The van der Waals surface area contributed by atoms with Crippen molar-refractivity contribution in [2.24, 2.45) is 0 Å². The zero-order valence-electron chi connectivity index (χ0n) is 10.5. The number of benzene rings is 1. The molecule has 104 valence electrons. The number of thioether (sulfide) groups is 1. The van der Waals surface area contributed by atoms with Crippen molar-refractivity contribution in [1.29, 1.82) is 0 Å². The summed E-state index contributed by atoms with van der Waals surface area (Å²) < 4.78 is 1.79. The highest BCUT2D eigenvalue weighted by molar-refractivity contribution is 7.98. The summed E-state index contributed by atoms with van der Waals surface area (Å²) in [6, 6.07) is 5.39. The zero-order valence-corrected chi connectivity index (χ0v) is 13.7. The minimum absolute atomic E-state index is 0.590. The van der Waals surface area contributed by atoms with Crippen LogP contribution in [-0.4, -0.2) is 25.6 Å². The fraction of sp³-hybridized carbons (Fsp3) is 0.250. The first-order chi connectivity index (χ1) is 9.69. The van der Waals surface area contributed by atoms with Gasteiger partial charge < -0.3 is 0 Å². The molecule has 0 saturated heterocycles. The molecule has 2 heterocycles. The lowest BCUT2D eigenvalue weighted by Gasteiger charge is -1.99. The summed E-state index contributed by atoms with van der Waals surface area (Å²) in [6.45, 7) is 2.11. The van der Waals surface area contributed by atoms with Gasteiger partial charge in [0.25, 0.3) is 0 Å². The van der Waals surface area contributed by atoms with Gasteiger partial charge in [-0.15, -0.1) is 10.2 Å². The molecule has 3 rings (SSSR count). The Balaban J connectivity index is 2.02. The molecule has 0 spiro atoms. The van der Waals surface area contributed by atoms with Gasteiger partial charge in [-0.05, 0) is 24.0 Å². The van der Waals surface area contributed by atoms with Crippen LogP contribution in [0.5, 0.6) is 0 Å². The second-order valence-electron chi connectivity index (χ2n) is 3.98. The Morgan fingerprint density at radius 3 is 2.90 bits per heavy atom. The van der Waals surface area contributed by atoms with Gasteiger partial charge in [-0.25, -0.2) is 0 Å². The summed E-state index contributed by atoms with van der Waals surface area (Å²) in [7, 11) is 0. The number of fused-ring (bicyclic) bond motifs is 1. The minimum atomic E-state index is 0.590. The smallest absolute Gasteiger partial charge is 0.186 e. The zero-order chi connectivity index (χ0) is 14.1. The lowest BCUT2D eigenvalue weighted by molar-refractivity contribution is 0.887. The topological polar surface area (TPSA) is 43.1 Å². The third kappa shape index (κ3) is 2.65. The summed E-state index contributed by atoms with van der Waals surface area (Å²) in [6.07, 6.45) is 0. The molecule has 0 unspecified atom stereocenters. The molecule has 8 heteroatoms. The summed E-state index contributed by atoms with van der Waals surface area (Å²) >= 11 is 15.4. The van der Waals surface area contributed by atoms with Gasteiger partial charge in [0, 0.05) is 10.6 Å². The molecule has 0 aliphatic heterocycles. The van der Waals surface area contributed by atoms with E-state index in [9.17, 15) is 0 Å². The highest BCUT2D eigenvalue weighted by Crippen LogP contribution is 2.33. The van der Waals surface area contributed by atoms with Crippen LogP contribution in [0, 0.1) is 0 Å². The van der Waals surface area contributed by atoms with Gasteiger partial charge in [0.2, 0.25) is 4.96 Å². The average Bonchev–Trinajstić information content (AvgIpc) is 2.97. The standard InChI is InChI=1S/C12H10Cl2N4S2/c1-2-19-6-10-15-16-12-18(10)17-11(20-12)8-4-3-7(13)5-9(8)14/h3-5H,2,6H2,1H3. The molecule has 0 fully saturated rings. The van der Waals surface area contributed by atoms with Gasteiger partial charge in [-0.1, -0.05) is 41.5 Å².